The molecule has 0 unspecified atom stereocenters. The molecule has 1 rings (SSSR count). The molecule has 0 saturated carbocycles. The zero-order chi connectivity index (χ0) is 11.3. The van der Waals surface area contributed by atoms with E-state index in [1.165, 1.54) is 0 Å². The number of hydrogen-bond donors (Lipinski definition) is 2. The molecule has 0 saturated heterocycles. The Hall–Kier alpha value is -2.08. The van der Waals surface area contributed by atoms with Gasteiger partial charge in [0.25, 0.3) is 0 Å². The van der Waals surface area contributed by atoms with Gasteiger partial charge in [-0.2, -0.15) is 5.06 Å². The average molecular weight is 211 g/mol. The van der Waals surface area contributed by atoms with E-state index in [2.05, 4.69) is 4.74 Å². The predicted octanol–water partition coefficient (Wildman–Crippen LogP) is 1.69. The van der Waals surface area contributed by atoms with Crippen molar-refractivity contribution in [2.75, 3.05) is 0 Å². The Bertz CT molecular complexity index is 351. The number of carbonyl (C=O) groups excluding carboxylic acids is 1. The molecule has 0 aromatic heterocycles. The fraction of sp³-hybridized carbons (Fsp3) is 0.111. The molecule has 0 aliphatic carbocycles. The van der Waals surface area contributed by atoms with Crippen LogP contribution in [-0.4, -0.2) is 27.6 Å². The number of nitrogens with zero attached hydrogens (tertiary/aromatic N) is 1. The molecule has 15 heavy (non-hydrogen) atoms. The lowest BCUT2D eigenvalue weighted by molar-refractivity contribution is -0.0756. The van der Waals surface area contributed by atoms with E-state index in [9.17, 15) is 9.59 Å². The van der Waals surface area contributed by atoms with Crippen molar-refractivity contribution in [2.45, 2.75) is 6.54 Å². The first kappa shape index (κ1) is 11.0. The smallest absolute Gasteiger partial charge is 0.449 e. The second-order valence-electron chi connectivity index (χ2n) is 2.68. The van der Waals surface area contributed by atoms with Gasteiger partial charge >= 0.3 is 12.2 Å². The summed E-state index contributed by atoms with van der Waals surface area (Å²) in [7, 11) is 0. The number of amides is 1. The van der Waals surface area contributed by atoms with E-state index in [1.54, 1.807) is 30.3 Å². The number of rotatable bonds is 2. The number of ether oxygens (including phenoxy) is 1. The molecule has 0 aliphatic rings. The van der Waals surface area contributed by atoms with Crippen molar-refractivity contribution in [3.8, 4) is 0 Å². The maximum Gasteiger partial charge on any atom is 0.514 e. The highest BCUT2D eigenvalue weighted by Crippen LogP contribution is 2.03. The maximum atomic E-state index is 10.8. The van der Waals surface area contributed by atoms with Crippen LogP contribution in [0.5, 0.6) is 0 Å². The molecule has 80 valence electrons. The zero-order valence-corrected chi connectivity index (χ0v) is 7.66. The summed E-state index contributed by atoms with van der Waals surface area (Å²) < 4.78 is 3.74. The monoisotopic (exact) mass is 211 g/mol. The van der Waals surface area contributed by atoms with Crippen molar-refractivity contribution in [2.24, 2.45) is 0 Å². The SMILES string of the molecule is O=C(O)OC(=O)N(O)Cc1ccccc1. The van der Waals surface area contributed by atoms with E-state index in [1.807, 2.05) is 0 Å². The number of hydrogen-bond acceptors (Lipinski definition) is 4. The summed E-state index contributed by atoms with van der Waals surface area (Å²) in [4.78, 5) is 20.8. The molecule has 0 spiro atoms. The third-order valence-corrected chi connectivity index (χ3v) is 1.56. The molecule has 0 radical (unpaired) electrons. The van der Waals surface area contributed by atoms with Gasteiger partial charge in [-0.15, -0.1) is 0 Å². The summed E-state index contributed by atoms with van der Waals surface area (Å²) in [5.74, 6) is 0. The Balaban J connectivity index is 2.52. The predicted molar refractivity (Wildman–Crippen MR) is 48.3 cm³/mol. The lowest BCUT2D eigenvalue weighted by Gasteiger charge is -2.12. The molecule has 1 aromatic carbocycles. The standard InChI is InChI=1S/C9H9NO5/c11-8(15-9(12)13)10(14)6-7-4-2-1-3-5-7/h1-5,14H,6H2,(H,12,13). The van der Waals surface area contributed by atoms with Crippen LogP contribution in [-0.2, 0) is 11.3 Å². The third kappa shape index (κ3) is 3.65. The molecule has 0 bridgehead atoms. The van der Waals surface area contributed by atoms with E-state index >= 15 is 0 Å². The summed E-state index contributed by atoms with van der Waals surface area (Å²) in [6.07, 6.45) is -3.08. The van der Waals surface area contributed by atoms with Crippen LogP contribution in [0.2, 0.25) is 0 Å². The summed E-state index contributed by atoms with van der Waals surface area (Å²) in [6, 6.07) is 8.59. The van der Waals surface area contributed by atoms with Crippen LogP contribution < -0.4 is 0 Å². The summed E-state index contributed by atoms with van der Waals surface area (Å²) in [5, 5.41) is 17.4. The van der Waals surface area contributed by atoms with Crippen LogP contribution in [0.4, 0.5) is 9.59 Å². The van der Waals surface area contributed by atoms with Crippen molar-refractivity contribution in [3.63, 3.8) is 0 Å². The molecule has 0 fully saturated rings. The highest BCUT2D eigenvalue weighted by molar-refractivity contribution is 5.78. The fourth-order valence-corrected chi connectivity index (χ4v) is 0.948. The first-order valence-electron chi connectivity index (χ1n) is 4.04. The molecule has 1 aromatic rings. The molecule has 6 heteroatoms. The zero-order valence-electron chi connectivity index (χ0n) is 7.66. The van der Waals surface area contributed by atoms with E-state index in [-0.39, 0.29) is 11.6 Å². The van der Waals surface area contributed by atoms with Gasteiger partial charge in [0.1, 0.15) is 0 Å². The van der Waals surface area contributed by atoms with E-state index in [0.29, 0.717) is 5.56 Å². The Morgan fingerprint density at radius 1 is 1.27 bits per heavy atom. The van der Waals surface area contributed by atoms with Crippen molar-refractivity contribution < 1.29 is 24.6 Å². The largest absolute Gasteiger partial charge is 0.514 e. The number of hydroxylamine groups is 2. The van der Waals surface area contributed by atoms with Crippen molar-refractivity contribution in [1.29, 1.82) is 0 Å². The van der Waals surface area contributed by atoms with Gasteiger partial charge < -0.3 is 9.84 Å². The summed E-state index contributed by atoms with van der Waals surface area (Å²) in [6.45, 7) is -0.132. The third-order valence-electron chi connectivity index (χ3n) is 1.56. The first-order valence-corrected chi connectivity index (χ1v) is 4.04. The molecule has 1 amide bonds. The van der Waals surface area contributed by atoms with Crippen molar-refractivity contribution in [1.82, 2.24) is 5.06 Å². The summed E-state index contributed by atoms with van der Waals surface area (Å²) >= 11 is 0. The minimum Gasteiger partial charge on any atom is -0.449 e. The molecule has 0 heterocycles. The molecule has 6 nitrogen and oxygen atoms in total. The minimum absolute atomic E-state index is 0.132. The molecule has 2 N–H and O–H groups in total. The number of carboxylic acid groups (broad SMARTS) is 1. The van der Waals surface area contributed by atoms with Gasteiger partial charge in [0, 0.05) is 0 Å². The van der Waals surface area contributed by atoms with Gasteiger partial charge in [0.05, 0.1) is 6.54 Å². The summed E-state index contributed by atoms with van der Waals surface area (Å²) in [5.41, 5.74) is 0.655. The van der Waals surface area contributed by atoms with E-state index in [0.717, 1.165) is 0 Å². The Labute approximate surface area is 85.3 Å². The lowest BCUT2D eigenvalue weighted by Crippen LogP contribution is -2.29. The highest BCUT2D eigenvalue weighted by atomic mass is 16.7. The minimum atomic E-state index is -1.76. The van der Waals surface area contributed by atoms with Crippen molar-refractivity contribution in [3.05, 3.63) is 35.9 Å². The molecular weight excluding hydrogens is 202 g/mol. The highest BCUT2D eigenvalue weighted by Gasteiger charge is 2.16. The number of benzene rings is 1. The van der Waals surface area contributed by atoms with Crippen LogP contribution in [0.3, 0.4) is 0 Å². The quantitative estimate of drug-likeness (QED) is 0.336. The lowest BCUT2D eigenvalue weighted by atomic mass is 10.2. The second-order valence-corrected chi connectivity index (χ2v) is 2.68. The van der Waals surface area contributed by atoms with Crippen LogP contribution >= 0.6 is 0 Å². The Kier molecular flexibility index (Phi) is 3.64. The fourth-order valence-electron chi connectivity index (χ4n) is 0.948. The van der Waals surface area contributed by atoms with Gasteiger partial charge in [-0.3, -0.25) is 5.21 Å². The van der Waals surface area contributed by atoms with Crippen LogP contribution in [0.15, 0.2) is 30.3 Å². The molecule has 0 aliphatic heterocycles. The van der Waals surface area contributed by atoms with Gasteiger partial charge in [0.15, 0.2) is 0 Å². The molecular formula is C9H9NO5. The first-order chi connectivity index (χ1) is 7.09. The van der Waals surface area contributed by atoms with E-state index in [4.69, 9.17) is 10.3 Å². The topological polar surface area (TPSA) is 87.1 Å². The van der Waals surface area contributed by atoms with Gasteiger partial charge in [-0.05, 0) is 5.56 Å². The average Bonchev–Trinajstić information content (AvgIpc) is 2.18. The van der Waals surface area contributed by atoms with Crippen LogP contribution in [0.25, 0.3) is 0 Å². The Morgan fingerprint density at radius 2 is 1.87 bits per heavy atom. The van der Waals surface area contributed by atoms with Crippen molar-refractivity contribution >= 4 is 12.2 Å². The Morgan fingerprint density at radius 3 is 2.40 bits per heavy atom. The van der Waals surface area contributed by atoms with Gasteiger partial charge in [-0.25, -0.2) is 9.59 Å². The van der Waals surface area contributed by atoms with Crippen LogP contribution in [0, 0.1) is 0 Å². The maximum absolute atomic E-state index is 10.8. The van der Waals surface area contributed by atoms with E-state index < -0.39 is 12.2 Å². The number of carbonyl (C=O) groups is 2. The van der Waals surface area contributed by atoms with Gasteiger partial charge in [0.2, 0.25) is 0 Å². The normalized spacial score (nSPS) is 9.40. The van der Waals surface area contributed by atoms with Gasteiger partial charge in [-0.1, -0.05) is 30.3 Å². The second kappa shape index (κ2) is 4.97. The molecule has 0 atom stereocenters. The van der Waals surface area contributed by atoms with Crippen LogP contribution in [0.1, 0.15) is 5.56 Å².